The molecule has 0 aromatic carbocycles. The maximum atomic E-state index is 4.33. The standard InChI is InChI=1S/C14H25N3S/c1-5-7-15-14-9-13(6-8-16-14)10-17(3)12(2)11-18-4/h6,8-9,12H,5,7,10-11H2,1-4H3,(H,15,16). The SMILES string of the molecule is CCCNc1cc(CN(C)C(C)CSC)ccn1. The number of nitrogens with one attached hydrogen (secondary N) is 1. The molecule has 0 radical (unpaired) electrons. The second-order valence-corrected chi connectivity index (χ2v) is 5.61. The van der Waals surface area contributed by atoms with Crippen LogP contribution in [0.1, 0.15) is 25.8 Å². The predicted octanol–water partition coefficient (Wildman–Crippen LogP) is 3.09. The van der Waals surface area contributed by atoms with E-state index in [2.05, 4.69) is 54.5 Å². The van der Waals surface area contributed by atoms with Crippen molar-refractivity contribution in [3.05, 3.63) is 23.9 Å². The molecule has 0 saturated carbocycles. The summed E-state index contributed by atoms with van der Waals surface area (Å²) in [4.78, 5) is 6.72. The average Bonchev–Trinajstić information content (AvgIpc) is 2.37. The Morgan fingerprint density at radius 1 is 1.50 bits per heavy atom. The Balaban J connectivity index is 2.55. The first-order valence-corrected chi connectivity index (χ1v) is 7.94. The molecular weight excluding hydrogens is 242 g/mol. The molecule has 18 heavy (non-hydrogen) atoms. The van der Waals surface area contributed by atoms with E-state index in [9.17, 15) is 0 Å². The van der Waals surface area contributed by atoms with Gasteiger partial charge in [0.25, 0.3) is 0 Å². The van der Waals surface area contributed by atoms with Crippen molar-refractivity contribution in [3.63, 3.8) is 0 Å². The van der Waals surface area contributed by atoms with Crippen molar-refractivity contribution < 1.29 is 0 Å². The van der Waals surface area contributed by atoms with Crippen LogP contribution in [0.25, 0.3) is 0 Å². The minimum atomic E-state index is 0.597. The highest BCUT2D eigenvalue weighted by Gasteiger charge is 2.09. The molecule has 1 aromatic heterocycles. The number of anilines is 1. The van der Waals surface area contributed by atoms with Crippen molar-refractivity contribution in [2.75, 3.05) is 30.9 Å². The molecule has 0 bridgehead atoms. The molecule has 1 heterocycles. The molecule has 0 spiro atoms. The fraction of sp³-hybridized carbons (Fsp3) is 0.643. The highest BCUT2D eigenvalue weighted by Crippen LogP contribution is 2.12. The topological polar surface area (TPSA) is 28.2 Å². The monoisotopic (exact) mass is 267 g/mol. The van der Waals surface area contributed by atoms with E-state index in [4.69, 9.17) is 0 Å². The van der Waals surface area contributed by atoms with Gasteiger partial charge in [-0.15, -0.1) is 0 Å². The molecule has 0 aliphatic heterocycles. The molecule has 0 aliphatic rings. The first kappa shape index (κ1) is 15.3. The number of hydrogen-bond donors (Lipinski definition) is 1. The Labute approximate surface area is 115 Å². The first-order valence-electron chi connectivity index (χ1n) is 6.55. The molecule has 1 unspecified atom stereocenters. The van der Waals surface area contributed by atoms with E-state index in [1.807, 2.05) is 18.0 Å². The zero-order valence-electron chi connectivity index (χ0n) is 11.9. The van der Waals surface area contributed by atoms with Gasteiger partial charge < -0.3 is 5.32 Å². The van der Waals surface area contributed by atoms with Crippen molar-refractivity contribution in [3.8, 4) is 0 Å². The summed E-state index contributed by atoms with van der Waals surface area (Å²) in [6, 6.07) is 4.84. The van der Waals surface area contributed by atoms with E-state index in [0.29, 0.717) is 6.04 Å². The van der Waals surface area contributed by atoms with Crippen LogP contribution in [0.2, 0.25) is 0 Å². The molecule has 0 saturated heterocycles. The molecule has 0 fully saturated rings. The quantitative estimate of drug-likeness (QED) is 0.783. The minimum absolute atomic E-state index is 0.597. The molecule has 1 aromatic rings. The third kappa shape index (κ3) is 5.27. The molecular formula is C14H25N3S. The lowest BCUT2D eigenvalue weighted by Crippen LogP contribution is -2.30. The van der Waals surface area contributed by atoms with Crippen molar-refractivity contribution in [1.29, 1.82) is 0 Å². The van der Waals surface area contributed by atoms with Gasteiger partial charge in [0.15, 0.2) is 0 Å². The Kier molecular flexibility index (Phi) is 7.13. The molecule has 4 heteroatoms. The van der Waals surface area contributed by atoms with Gasteiger partial charge in [0, 0.05) is 31.1 Å². The summed E-state index contributed by atoms with van der Waals surface area (Å²) < 4.78 is 0. The number of nitrogens with zero attached hydrogens (tertiary/aromatic N) is 2. The highest BCUT2D eigenvalue weighted by atomic mass is 32.2. The lowest BCUT2D eigenvalue weighted by Gasteiger charge is -2.24. The molecule has 102 valence electrons. The van der Waals surface area contributed by atoms with Crippen LogP contribution in [0, 0.1) is 0 Å². The van der Waals surface area contributed by atoms with Crippen molar-refractivity contribution in [1.82, 2.24) is 9.88 Å². The van der Waals surface area contributed by atoms with E-state index < -0.39 is 0 Å². The van der Waals surface area contributed by atoms with Gasteiger partial charge >= 0.3 is 0 Å². The van der Waals surface area contributed by atoms with E-state index in [1.165, 1.54) is 11.3 Å². The van der Waals surface area contributed by atoms with Crippen LogP contribution in [-0.4, -0.2) is 41.5 Å². The van der Waals surface area contributed by atoms with Crippen LogP contribution < -0.4 is 5.32 Å². The van der Waals surface area contributed by atoms with Gasteiger partial charge in [-0.05, 0) is 44.3 Å². The molecule has 3 nitrogen and oxygen atoms in total. The first-order chi connectivity index (χ1) is 8.67. The van der Waals surface area contributed by atoms with E-state index in [1.54, 1.807) is 0 Å². The lowest BCUT2D eigenvalue weighted by atomic mass is 10.2. The van der Waals surface area contributed by atoms with Crippen LogP contribution in [0.3, 0.4) is 0 Å². The second kappa shape index (κ2) is 8.38. The van der Waals surface area contributed by atoms with Crippen molar-refractivity contribution in [2.45, 2.75) is 32.9 Å². The van der Waals surface area contributed by atoms with Crippen LogP contribution in [0.5, 0.6) is 0 Å². The maximum Gasteiger partial charge on any atom is 0.126 e. The summed E-state index contributed by atoms with van der Waals surface area (Å²) in [7, 11) is 2.18. The fourth-order valence-electron chi connectivity index (χ4n) is 1.73. The average molecular weight is 267 g/mol. The van der Waals surface area contributed by atoms with E-state index >= 15 is 0 Å². The number of thioether (sulfide) groups is 1. The summed E-state index contributed by atoms with van der Waals surface area (Å²) in [5.74, 6) is 2.16. The van der Waals surface area contributed by atoms with Crippen LogP contribution in [0.4, 0.5) is 5.82 Å². The molecule has 1 rings (SSSR count). The smallest absolute Gasteiger partial charge is 0.126 e. The molecule has 1 atom stereocenters. The van der Waals surface area contributed by atoms with Crippen LogP contribution in [-0.2, 0) is 6.54 Å². The number of aromatic nitrogens is 1. The van der Waals surface area contributed by atoms with Gasteiger partial charge in [-0.1, -0.05) is 6.92 Å². The predicted molar refractivity (Wildman–Crippen MR) is 82.3 cm³/mol. The van der Waals surface area contributed by atoms with Crippen molar-refractivity contribution in [2.24, 2.45) is 0 Å². The zero-order chi connectivity index (χ0) is 13.4. The zero-order valence-corrected chi connectivity index (χ0v) is 12.8. The fourth-order valence-corrected chi connectivity index (χ4v) is 2.47. The molecule has 1 N–H and O–H groups in total. The summed E-state index contributed by atoms with van der Waals surface area (Å²) in [6.45, 7) is 6.39. The number of hydrogen-bond acceptors (Lipinski definition) is 4. The Morgan fingerprint density at radius 3 is 2.94 bits per heavy atom. The van der Waals surface area contributed by atoms with Gasteiger partial charge in [-0.25, -0.2) is 4.98 Å². The summed E-state index contributed by atoms with van der Waals surface area (Å²) >= 11 is 1.90. The molecule has 0 amide bonds. The summed E-state index contributed by atoms with van der Waals surface area (Å²) in [5.41, 5.74) is 1.32. The van der Waals surface area contributed by atoms with E-state index in [0.717, 1.165) is 25.3 Å². The number of pyridine rings is 1. The normalized spacial score (nSPS) is 12.7. The summed E-state index contributed by atoms with van der Waals surface area (Å²) in [5, 5.41) is 3.33. The highest BCUT2D eigenvalue weighted by molar-refractivity contribution is 7.98. The van der Waals surface area contributed by atoms with E-state index in [-0.39, 0.29) is 0 Å². The Morgan fingerprint density at radius 2 is 2.28 bits per heavy atom. The second-order valence-electron chi connectivity index (χ2n) is 4.70. The van der Waals surface area contributed by atoms with Gasteiger partial charge in [0.2, 0.25) is 0 Å². The summed E-state index contributed by atoms with van der Waals surface area (Å²) in [6.07, 6.45) is 5.17. The Hall–Kier alpha value is -0.740. The largest absolute Gasteiger partial charge is 0.370 e. The third-order valence-corrected chi connectivity index (χ3v) is 3.79. The van der Waals surface area contributed by atoms with Gasteiger partial charge in [0.1, 0.15) is 5.82 Å². The van der Waals surface area contributed by atoms with Gasteiger partial charge in [-0.2, -0.15) is 11.8 Å². The maximum absolute atomic E-state index is 4.33. The van der Waals surface area contributed by atoms with Crippen LogP contribution in [0.15, 0.2) is 18.3 Å². The lowest BCUT2D eigenvalue weighted by molar-refractivity contribution is 0.269. The third-order valence-electron chi connectivity index (χ3n) is 2.97. The molecule has 0 aliphatic carbocycles. The van der Waals surface area contributed by atoms with Gasteiger partial charge in [-0.3, -0.25) is 4.90 Å². The minimum Gasteiger partial charge on any atom is -0.370 e. The van der Waals surface area contributed by atoms with Crippen molar-refractivity contribution >= 4 is 17.6 Å². The number of rotatable bonds is 8. The Bertz CT molecular complexity index is 344. The van der Waals surface area contributed by atoms with Crippen LogP contribution >= 0.6 is 11.8 Å². The van der Waals surface area contributed by atoms with Gasteiger partial charge in [0.05, 0.1) is 0 Å².